The first-order valence-electron chi connectivity index (χ1n) is 44.1. The van der Waals surface area contributed by atoms with E-state index in [4.69, 9.17) is 75.8 Å². The van der Waals surface area contributed by atoms with E-state index in [0.29, 0.717) is 44.9 Å². The molecular formula is C85H136O41. The zero-order valence-electron chi connectivity index (χ0n) is 72.4. The number of esters is 2. The molecule has 12 fully saturated rings. The third-order valence-electron chi connectivity index (χ3n) is 30.8. The largest absolute Gasteiger partial charge is 0.459 e. The molecule has 0 unspecified atom stereocenters. The molecule has 0 aromatic rings. The maximum absolute atomic E-state index is 16.5. The van der Waals surface area contributed by atoms with Gasteiger partial charge in [0.25, 0.3) is 0 Å². The van der Waals surface area contributed by atoms with Crippen molar-refractivity contribution in [3.8, 4) is 0 Å². The summed E-state index contributed by atoms with van der Waals surface area (Å²) in [6.07, 6.45) is -57.9. The summed E-state index contributed by atoms with van der Waals surface area (Å²) >= 11 is 0. The molecule has 0 spiro atoms. The molecule has 722 valence electrons. The van der Waals surface area contributed by atoms with Gasteiger partial charge in [0, 0.05) is 0 Å². The predicted octanol–water partition coefficient (Wildman–Crippen LogP) is -6.19. The highest BCUT2D eigenvalue weighted by atomic mass is 16.8. The van der Waals surface area contributed by atoms with Crippen LogP contribution >= 0.6 is 0 Å². The van der Waals surface area contributed by atoms with Crippen molar-refractivity contribution < 1.29 is 203 Å². The molecule has 41 heteroatoms. The number of carbonyl (C=O) groups excluding carboxylic acids is 2. The van der Waals surface area contributed by atoms with Gasteiger partial charge in [0.1, 0.15) is 165 Å². The summed E-state index contributed by atoms with van der Waals surface area (Å²) in [6, 6.07) is 0. The van der Waals surface area contributed by atoms with Gasteiger partial charge in [-0.2, -0.15) is 0 Å². The molecule has 0 aromatic carbocycles. The maximum Gasteiger partial charge on any atom is 0.336 e. The van der Waals surface area contributed by atoms with E-state index in [1.165, 1.54) is 26.0 Å². The average Bonchev–Trinajstić information content (AvgIpc) is 0.669. The van der Waals surface area contributed by atoms with E-state index >= 15 is 4.79 Å². The molecule has 5 saturated carbocycles. The van der Waals surface area contributed by atoms with Crippen molar-refractivity contribution in [2.24, 2.45) is 50.2 Å². The highest BCUT2D eigenvalue weighted by molar-refractivity contribution is 5.88. The Bertz CT molecular complexity index is 3720. The minimum absolute atomic E-state index is 0.0130. The first-order chi connectivity index (χ1) is 59.1. The lowest BCUT2D eigenvalue weighted by molar-refractivity contribution is -0.401. The molecule has 0 bridgehead atoms. The number of carbonyl (C=O) groups is 2. The standard InChI is InChI=1S/C85H136O41/c1-11-81(7,110)20-12-13-35(27-86)70(108)111-32-44-56(99)59(102)68(125-76-69(124-74-62(105)57(100)54(97)43(28-87)118-74)63(106)65(34(2)116-76)122-72-64(107)66(41(91)31-113-72)123-71-60(103)51(94)39(89)29-112-71)77(120-44)126-78(109)85-24-23-79(3,4)25-37(85)36-14-17-47-82(8)21-19-49(80(5,6)46(82)18-22-83(47,9)84(36,10)26-48(85)92)121-73-61(104)58(101)55(98)45(119-73)33-115-75-67(52(95)40(90)30-114-75)117-42-16-15-38(88)50(93)53(42)96/h11,13-14,34,37-69,71-77,86-107,110H,1,12,15-33H2,2-10H3/b35-13+/t34-,37+,38+,39+,40-,41+,42+,43+,44+,45+,46+,47+,48+,49-,50-,51-,52-,53-,54-,55+,56+,57-,58-,59-,60+,61+,62+,63+,64+,65-,66-,67+,68+,69+,71-,72-,73-,74-,75-,76-,77-,81-,82-,83+,84+,85+/m0/s1. The number of hydrogen-bond acceptors (Lipinski definition) is 41. The van der Waals surface area contributed by atoms with Crippen LogP contribution < -0.4 is 0 Å². The molecule has 7 heterocycles. The number of aliphatic hydroxyl groups is 23. The minimum Gasteiger partial charge on any atom is -0.459 e. The topological polar surface area (TPSA) is 647 Å². The van der Waals surface area contributed by atoms with Crippen LogP contribution in [0.1, 0.15) is 146 Å². The van der Waals surface area contributed by atoms with Crippen molar-refractivity contribution in [3.63, 3.8) is 0 Å². The molecule has 7 aliphatic heterocycles. The van der Waals surface area contributed by atoms with Gasteiger partial charge in [-0.3, -0.25) is 4.79 Å². The normalized spacial score (nSPS) is 50.9. The Kier molecular flexibility index (Phi) is 31.1. The van der Waals surface area contributed by atoms with E-state index in [-0.39, 0.29) is 55.9 Å². The Morgan fingerprint density at radius 2 is 1.06 bits per heavy atom. The van der Waals surface area contributed by atoms with Crippen LogP contribution in [-0.4, -0.2) is 414 Å². The summed E-state index contributed by atoms with van der Waals surface area (Å²) in [4.78, 5) is 30.3. The van der Waals surface area contributed by atoms with Gasteiger partial charge in [0.2, 0.25) is 6.29 Å². The zero-order chi connectivity index (χ0) is 92.1. The van der Waals surface area contributed by atoms with Crippen LogP contribution in [0.2, 0.25) is 0 Å². The molecule has 0 radical (unpaired) electrons. The van der Waals surface area contributed by atoms with E-state index in [9.17, 15) is 122 Å². The van der Waals surface area contributed by atoms with Crippen LogP contribution in [0.25, 0.3) is 0 Å². The van der Waals surface area contributed by atoms with Crippen molar-refractivity contribution in [1.82, 2.24) is 0 Å². The summed E-state index contributed by atoms with van der Waals surface area (Å²) in [6.45, 7) is 16.5. The van der Waals surface area contributed by atoms with Gasteiger partial charge in [-0.25, -0.2) is 4.79 Å². The summed E-state index contributed by atoms with van der Waals surface area (Å²) in [7, 11) is 0. The molecule has 7 saturated heterocycles. The van der Waals surface area contributed by atoms with Gasteiger partial charge in [0.15, 0.2) is 43.8 Å². The van der Waals surface area contributed by atoms with Gasteiger partial charge < -0.3 is 193 Å². The van der Waals surface area contributed by atoms with Crippen LogP contribution in [0.3, 0.4) is 0 Å². The second kappa shape index (κ2) is 39.2. The zero-order valence-corrected chi connectivity index (χ0v) is 72.4. The molecule has 126 heavy (non-hydrogen) atoms. The summed E-state index contributed by atoms with van der Waals surface area (Å²) < 4.78 is 97.5. The van der Waals surface area contributed by atoms with Crippen LogP contribution in [-0.2, 0) is 85.4 Å². The van der Waals surface area contributed by atoms with Crippen molar-refractivity contribution in [2.45, 2.75) is 385 Å². The number of ether oxygens (including phenoxy) is 16. The molecule has 0 aromatic heterocycles. The quantitative estimate of drug-likeness (QED) is 0.0166. The van der Waals surface area contributed by atoms with Crippen molar-refractivity contribution in [2.75, 3.05) is 46.2 Å². The predicted molar refractivity (Wildman–Crippen MR) is 422 cm³/mol. The van der Waals surface area contributed by atoms with Gasteiger partial charge in [-0.05, 0) is 142 Å². The number of aliphatic hydroxyl groups excluding tert-OH is 22. The fraction of sp³-hybridized carbons (Fsp3) is 0.906. The highest BCUT2D eigenvalue weighted by Gasteiger charge is 2.73. The minimum atomic E-state index is -2.30. The van der Waals surface area contributed by atoms with Crippen molar-refractivity contribution in [3.05, 3.63) is 36.0 Å². The van der Waals surface area contributed by atoms with Crippen molar-refractivity contribution in [1.29, 1.82) is 0 Å². The number of rotatable bonds is 26. The summed E-state index contributed by atoms with van der Waals surface area (Å²) in [5.74, 6) is -3.10. The first kappa shape index (κ1) is 100. The summed E-state index contributed by atoms with van der Waals surface area (Å²) in [5, 5.41) is 257. The lowest BCUT2D eigenvalue weighted by Gasteiger charge is -2.71. The van der Waals surface area contributed by atoms with Gasteiger partial charge in [-0.15, -0.1) is 6.58 Å². The fourth-order valence-corrected chi connectivity index (χ4v) is 22.8. The Balaban J connectivity index is 0.766. The average molecular weight is 1810 g/mol. The number of fused-ring (bicyclic) bond motifs is 7. The SMILES string of the molecule is C=C[C@](C)(O)CC/C=C(\CO)C(=O)OC[C@H]1O[C@@H](OC(=O)[C@]23CCC(C)(C)C[C@@H]2C2=CC[C@@H]4[C@@]5(C)CC[C@H](O[C@@H]6O[C@H](CO[C@@H]7OC[C@H](O)[C@H](O)[C@H]7O[C@@H]7CC[C@@H](O)[C@H](O)[C@H]7O)[C@@H](O)[C@H](O)[C@H]6O)C(C)(C)[C@H]5CC[C@@]4(C)[C@]2(C)C[C@H]3O)[C@H](O[C@@H]2O[C@@H](C)[C@H](O[C@@H]3OC[C@@H](O)[C@H](O[C@@H]4OC[C@@H](O)[C@H](O)[C@H]4O)[C@H]3O)[C@@H](O)[C@H]2O[C@@H]2O[C@H](CO)[C@H](O)[C@H](O)[C@H]2O)[C@@H](O)[C@@H]1O. The molecule has 13 aliphatic rings. The third kappa shape index (κ3) is 19.0. The Morgan fingerprint density at radius 1 is 0.508 bits per heavy atom. The van der Waals surface area contributed by atoms with Crippen LogP contribution in [0.4, 0.5) is 0 Å². The molecule has 46 atom stereocenters. The maximum atomic E-state index is 16.5. The molecule has 0 amide bonds. The fourth-order valence-electron chi connectivity index (χ4n) is 22.8. The smallest absolute Gasteiger partial charge is 0.336 e. The van der Waals surface area contributed by atoms with Gasteiger partial charge in [0.05, 0.1) is 81.3 Å². The Morgan fingerprint density at radius 3 is 1.73 bits per heavy atom. The summed E-state index contributed by atoms with van der Waals surface area (Å²) in [5.41, 5.74) is -5.61. The van der Waals surface area contributed by atoms with Crippen molar-refractivity contribution >= 4 is 11.9 Å². The lowest BCUT2D eigenvalue weighted by atomic mass is 9.33. The van der Waals surface area contributed by atoms with Crippen LogP contribution in [0, 0.1) is 50.2 Å². The molecule has 23 N–H and O–H groups in total. The second-order valence-corrected chi connectivity index (χ2v) is 39.7. The Hall–Kier alpha value is -3.32. The molecule has 41 nitrogen and oxygen atoms in total. The van der Waals surface area contributed by atoms with Crippen LogP contribution in [0.15, 0.2) is 36.0 Å². The molecule has 6 aliphatic carbocycles. The first-order valence-corrected chi connectivity index (χ1v) is 44.1. The number of hydrogen-bond donors (Lipinski definition) is 23. The van der Waals surface area contributed by atoms with Gasteiger partial charge >= 0.3 is 11.9 Å². The monoisotopic (exact) mass is 1810 g/mol. The Labute approximate surface area is 729 Å². The van der Waals surface area contributed by atoms with E-state index in [1.54, 1.807) is 0 Å². The number of allylic oxidation sites excluding steroid dienone is 3. The van der Waals surface area contributed by atoms with E-state index in [0.717, 1.165) is 5.57 Å². The highest BCUT2D eigenvalue weighted by Crippen LogP contribution is 2.76. The third-order valence-corrected chi connectivity index (χ3v) is 30.8. The van der Waals surface area contributed by atoms with Gasteiger partial charge in [-0.1, -0.05) is 72.3 Å². The lowest BCUT2D eigenvalue weighted by Crippen LogP contribution is -2.69. The van der Waals surface area contributed by atoms with Crippen LogP contribution in [0.5, 0.6) is 0 Å². The van der Waals surface area contributed by atoms with E-state index < -0.39 is 335 Å². The van der Waals surface area contributed by atoms with E-state index in [2.05, 4.69) is 61.1 Å². The van der Waals surface area contributed by atoms with E-state index in [1.807, 2.05) is 0 Å². The molecular weight excluding hydrogens is 1680 g/mol. The molecule has 13 rings (SSSR count). The second-order valence-electron chi connectivity index (χ2n) is 39.7.